The van der Waals surface area contributed by atoms with Crippen molar-refractivity contribution in [1.82, 2.24) is 9.97 Å². The molecule has 0 aliphatic carbocycles. The van der Waals surface area contributed by atoms with E-state index in [4.69, 9.17) is 10.5 Å². The Morgan fingerprint density at radius 1 is 1.62 bits per heavy atom. The second-order valence-corrected chi connectivity index (χ2v) is 3.68. The van der Waals surface area contributed by atoms with Gasteiger partial charge in [0.1, 0.15) is 17.7 Å². The normalized spacial score (nSPS) is 19.8. The van der Waals surface area contributed by atoms with Gasteiger partial charge in [-0.3, -0.25) is 4.98 Å². The van der Waals surface area contributed by atoms with Crippen LogP contribution < -0.4 is 10.6 Å². The van der Waals surface area contributed by atoms with Gasteiger partial charge in [0, 0.05) is 6.54 Å². The number of nitrogen functional groups attached to an aromatic ring is 1. The summed E-state index contributed by atoms with van der Waals surface area (Å²) in [5, 5.41) is 0. The van der Waals surface area contributed by atoms with Crippen LogP contribution in [0.2, 0.25) is 0 Å². The van der Waals surface area contributed by atoms with Crippen molar-refractivity contribution in [2.24, 2.45) is 0 Å². The molecule has 0 radical (unpaired) electrons. The number of nitrogens with two attached hydrogens (primary N) is 1. The fourth-order valence-corrected chi connectivity index (χ4v) is 1.93. The molecule has 0 aromatic carbocycles. The average molecular weight is 222 g/mol. The van der Waals surface area contributed by atoms with E-state index in [0.29, 0.717) is 11.6 Å². The van der Waals surface area contributed by atoms with Gasteiger partial charge in [-0.2, -0.15) is 0 Å². The van der Waals surface area contributed by atoms with Gasteiger partial charge in [0.05, 0.1) is 19.5 Å². The van der Waals surface area contributed by atoms with Crippen LogP contribution in [-0.4, -0.2) is 35.6 Å². The summed E-state index contributed by atoms with van der Waals surface area (Å²) in [6, 6.07) is -0.263. The predicted molar refractivity (Wildman–Crippen MR) is 58.8 cm³/mol. The molecule has 1 unspecified atom stereocenters. The minimum atomic E-state index is -0.263. The number of nitrogens with zero attached hydrogens (tertiary/aromatic N) is 3. The molecule has 16 heavy (non-hydrogen) atoms. The quantitative estimate of drug-likeness (QED) is 0.720. The number of esters is 1. The summed E-state index contributed by atoms with van der Waals surface area (Å²) in [4.78, 5) is 21.5. The Morgan fingerprint density at radius 2 is 2.44 bits per heavy atom. The molecular formula is C10H14N4O2. The first-order chi connectivity index (χ1) is 7.72. The number of carbonyl (C=O) groups is 1. The second kappa shape index (κ2) is 4.34. The van der Waals surface area contributed by atoms with E-state index in [1.54, 1.807) is 6.20 Å². The molecule has 0 saturated carbocycles. The lowest BCUT2D eigenvalue weighted by atomic mass is 10.2. The number of methoxy groups -OCH3 is 1. The van der Waals surface area contributed by atoms with Crippen molar-refractivity contribution in [1.29, 1.82) is 0 Å². The molecule has 1 saturated heterocycles. The van der Waals surface area contributed by atoms with Gasteiger partial charge in [-0.05, 0) is 12.8 Å². The molecule has 1 aliphatic heterocycles. The molecule has 2 N–H and O–H groups in total. The highest BCUT2D eigenvalue weighted by molar-refractivity contribution is 5.80. The van der Waals surface area contributed by atoms with E-state index >= 15 is 0 Å². The van der Waals surface area contributed by atoms with Crippen LogP contribution in [0.3, 0.4) is 0 Å². The highest BCUT2D eigenvalue weighted by atomic mass is 16.5. The topological polar surface area (TPSA) is 81.3 Å². The van der Waals surface area contributed by atoms with E-state index < -0.39 is 0 Å². The first-order valence-corrected chi connectivity index (χ1v) is 5.14. The van der Waals surface area contributed by atoms with Crippen molar-refractivity contribution in [2.75, 3.05) is 24.3 Å². The molecule has 0 amide bonds. The van der Waals surface area contributed by atoms with E-state index in [1.807, 2.05) is 4.90 Å². The Bertz CT molecular complexity index is 396. The monoisotopic (exact) mass is 222 g/mol. The molecule has 1 aromatic rings. The summed E-state index contributed by atoms with van der Waals surface area (Å²) >= 11 is 0. The molecular weight excluding hydrogens is 208 g/mol. The molecule has 6 heteroatoms. The lowest BCUT2D eigenvalue weighted by Gasteiger charge is -2.23. The third kappa shape index (κ3) is 1.91. The molecule has 1 aliphatic rings. The Hall–Kier alpha value is -1.85. The van der Waals surface area contributed by atoms with Gasteiger partial charge in [-0.1, -0.05) is 0 Å². The first-order valence-electron chi connectivity index (χ1n) is 5.14. The van der Waals surface area contributed by atoms with E-state index in [1.165, 1.54) is 13.3 Å². The SMILES string of the molecule is COC(=O)C1CCCN1c1cncc(N)n1. The highest BCUT2D eigenvalue weighted by Gasteiger charge is 2.32. The summed E-state index contributed by atoms with van der Waals surface area (Å²) in [6.45, 7) is 0.776. The van der Waals surface area contributed by atoms with Crippen molar-refractivity contribution < 1.29 is 9.53 Å². The first kappa shape index (κ1) is 10.7. The molecule has 0 spiro atoms. The zero-order valence-electron chi connectivity index (χ0n) is 9.09. The van der Waals surface area contributed by atoms with Gasteiger partial charge in [0.25, 0.3) is 0 Å². The van der Waals surface area contributed by atoms with Gasteiger partial charge >= 0.3 is 5.97 Å². The number of aromatic nitrogens is 2. The zero-order chi connectivity index (χ0) is 11.5. The number of hydrogen-bond donors (Lipinski definition) is 1. The van der Waals surface area contributed by atoms with Gasteiger partial charge in [-0.15, -0.1) is 0 Å². The number of carbonyl (C=O) groups excluding carboxylic acids is 1. The largest absolute Gasteiger partial charge is 0.467 e. The van der Waals surface area contributed by atoms with Gasteiger partial charge < -0.3 is 15.4 Å². The van der Waals surface area contributed by atoms with E-state index in [2.05, 4.69) is 9.97 Å². The van der Waals surface area contributed by atoms with Gasteiger partial charge in [0.15, 0.2) is 0 Å². The average Bonchev–Trinajstić information content (AvgIpc) is 2.77. The minimum Gasteiger partial charge on any atom is -0.467 e. The lowest BCUT2D eigenvalue weighted by molar-refractivity contribution is -0.141. The Kier molecular flexibility index (Phi) is 2.89. The highest BCUT2D eigenvalue weighted by Crippen LogP contribution is 2.24. The van der Waals surface area contributed by atoms with E-state index in [0.717, 1.165) is 19.4 Å². The predicted octanol–water partition coefficient (Wildman–Crippen LogP) is 0.201. The van der Waals surface area contributed by atoms with Crippen molar-refractivity contribution in [2.45, 2.75) is 18.9 Å². The van der Waals surface area contributed by atoms with Crippen LogP contribution in [0, 0.1) is 0 Å². The van der Waals surface area contributed by atoms with Crippen molar-refractivity contribution in [3.8, 4) is 0 Å². The van der Waals surface area contributed by atoms with Crippen molar-refractivity contribution in [3.63, 3.8) is 0 Å². The van der Waals surface area contributed by atoms with Crippen LogP contribution in [0.4, 0.5) is 11.6 Å². The molecule has 2 heterocycles. The number of hydrogen-bond acceptors (Lipinski definition) is 6. The standard InChI is InChI=1S/C10H14N4O2/c1-16-10(15)7-3-2-4-14(7)9-6-12-5-8(11)13-9/h5-7H,2-4H2,1H3,(H2,11,13). The van der Waals surface area contributed by atoms with Crippen LogP contribution >= 0.6 is 0 Å². The van der Waals surface area contributed by atoms with Crippen LogP contribution in [0.15, 0.2) is 12.4 Å². The van der Waals surface area contributed by atoms with Crippen LogP contribution in [0.1, 0.15) is 12.8 Å². The second-order valence-electron chi connectivity index (χ2n) is 3.68. The fraction of sp³-hybridized carbons (Fsp3) is 0.500. The van der Waals surface area contributed by atoms with E-state index in [-0.39, 0.29) is 12.0 Å². The number of ether oxygens (including phenoxy) is 1. The fourth-order valence-electron chi connectivity index (χ4n) is 1.93. The maximum Gasteiger partial charge on any atom is 0.328 e. The molecule has 1 aromatic heterocycles. The minimum absolute atomic E-state index is 0.235. The summed E-state index contributed by atoms with van der Waals surface area (Å²) in [5.74, 6) is 0.752. The maximum atomic E-state index is 11.5. The third-order valence-electron chi connectivity index (χ3n) is 2.66. The van der Waals surface area contributed by atoms with Crippen LogP contribution in [0.25, 0.3) is 0 Å². The Balaban J connectivity index is 2.23. The third-order valence-corrected chi connectivity index (χ3v) is 2.66. The molecule has 0 bridgehead atoms. The van der Waals surface area contributed by atoms with Gasteiger partial charge in [0.2, 0.25) is 0 Å². The van der Waals surface area contributed by atoms with Crippen LogP contribution in [-0.2, 0) is 9.53 Å². The summed E-state index contributed by atoms with van der Waals surface area (Å²) in [6.07, 6.45) is 4.81. The van der Waals surface area contributed by atoms with Crippen molar-refractivity contribution in [3.05, 3.63) is 12.4 Å². The Morgan fingerprint density at radius 3 is 3.12 bits per heavy atom. The zero-order valence-corrected chi connectivity index (χ0v) is 9.09. The summed E-state index contributed by atoms with van der Waals surface area (Å²) in [5.41, 5.74) is 5.56. The summed E-state index contributed by atoms with van der Waals surface area (Å²) < 4.78 is 4.76. The summed E-state index contributed by atoms with van der Waals surface area (Å²) in [7, 11) is 1.39. The number of rotatable bonds is 2. The lowest BCUT2D eigenvalue weighted by Crippen LogP contribution is -2.37. The maximum absolute atomic E-state index is 11.5. The molecule has 86 valence electrons. The molecule has 1 atom stereocenters. The molecule has 6 nitrogen and oxygen atoms in total. The van der Waals surface area contributed by atoms with Crippen molar-refractivity contribution >= 4 is 17.6 Å². The van der Waals surface area contributed by atoms with E-state index in [9.17, 15) is 4.79 Å². The molecule has 1 fully saturated rings. The smallest absolute Gasteiger partial charge is 0.328 e. The Labute approximate surface area is 93.4 Å². The molecule has 2 rings (SSSR count). The van der Waals surface area contributed by atoms with Gasteiger partial charge in [-0.25, -0.2) is 9.78 Å². The van der Waals surface area contributed by atoms with Crippen LogP contribution in [0.5, 0.6) is 0 Å². The number of anilines is 2.